The standard InChI is InChI=1S/C31H28O15/c1-42-28-23(11-22-25(26(28)38)20(36)10-21(45-22)15-4-6-17(33)19(35)9-15)46-30-27(39)29(40)31(41,13-44-30)12-43-24(37)7-3-14-2-5-16(32)18(34)8-14/h2-11,27,29-30,32-35,38-41H,12-13H2,1H3/b7-3+/t27-,29-,30+,31-/m1/s1. The van der Waals surface area contributed by atoms with E-state index in [1.165, 1.54) is 43.5 Å². The van der Waals surface area contributed by atoms with Crippen LogP contribution < -0.4 is 14.9 Å². The topological polar surface area (TPSA) is 246 Å². The van der Waals surface area contributed by atoms with Crippen molar-refractivity contribution in [1.82, 2.24) is 0 Å². The van der Waals surface area contributed by atoms with E-state index in [0.29, 0.717) is 5.56 Å². The van der Waals surface area contributed by atoms with Crippen LogP contribution in [-0.2, 0) is 14.3 Å². The largest absolute Gasteiger partial charge is 0.504 e. The van der Waals surface area contributed by atoms with Crippen molar-refractivity contribution < 1.29 is 69.0 Å². The molecule has 0 spiro atoms. The predicted octanol–water partition coefficient (Wildman–Crippen LogP) is 1.44. The van der Waals surface area contributed by atoms with Crippen LogP contribution in [0.5, 0.6) is 40.2 Å². The van der Waals surface area contributed by atoms with Gasteiger partial charge in [-0.25, -0.2) is 4.79 Å². The molecule has 4 aromatic rings. The zero-order valence-electron chi connectivity index (χ0n) is 23.9. The number of hydrogen-bond donors (Lipinski definition) is 8. The van der Waals surface area contributed by atoms with Gasteiger partial charge in [0, 0.05) is 23.8 Å². The van der Waals surface area contributed by atoms with Gasteiger partial charge in [0.1, 0.15) is 35.5 Å². The van der Waals surface area contributed by atoms with Gasteiger partial charge in [0.2, 0.25) is 12.0 Å². The van der Waals surface area contributed by atoms with Crippen LogP contribution in [0.15, 0.2) is 63.8 Å². The average molecular weight is 641 g/mol. The second kappa shape index (κ2) is 12.5. The zero-order valence-corrected chi connectivity index (χ0v) is 23.9. The minimum Gasteiger partial charge on any atom is -0.504 e. The monoisotopic (exact) mass is 640 g/mol. The van der Waals surface area contributed by atoms with Gasteiger partial charge in [-0.15, -0.1) is 0 Å². The maximum atomic E-state index is 12.9. The summed E-state index contributed by atoms with van der Waals surface area (Å²) in [5.41, 5.74) is -2.59. The Kier molecular flexibility index (Phi) is 8.67. The lowest BCUT2D eigenvalue weighted by Crippen LogP contribution is -2.64. The van der Waals surface area contributed by atoms with Crippen LogP contribution >= 0.6 is 0 Å². The van der Waals surface area contributed by atoms with E-state index >= 15 is 0 Å². The lowest BCUT2D eigenvalue weighted by Gasteiger charge is -2.42. The Morgan fingerprint density at radius 3 is 2.35 bits per heavy atom. The number of ether oxygens (including phenoxy) is 4. The number of methoxy groups -OCH3 is 1. The number of carbonyl (C=O) groups excluding carboxylic acids is 1. The van der Waals surface area contributed by atoms with E-state index in [4.69, 9.17) is 23.4 Å². The molecular formula is C31H28O15. The average Bonchev–Trinajstić information content (AvgIpc) is 3.02. The Bertz CT molecular complexity index is 1880. The summed E-state index contributed by atoms with van der Waals surface area (Å²) in [5.74, 6) is -3.91. The number of esters is 1. The van der Waals surface area contributed by atoms with Crippen molar-refractivity contribution in [2.45, 2.75) is 24.1 Å². The summed E-state index contributed by atoms with van der Waals surface area (Å²) in [5, 5.41) is 81.3. The van der Waals surface area contributed by atoms with E-state index in [-0.39, 0.29) is 39.5 Å². The van der Waals surface area contributed by atoms with Gasteiger partial charge in [0.15, 0.2) is 45.5 Å². The molecule has 242 valence electrons. The van der Waals surface area contributed by atoms with E-state index in [0.717, 1.165) is 24.3 Å². The van der Waals surface area contributed by atoms with Gasteiger partial charge >= 0.3 is 5.97 Å². The summed E-state index contributed by atoms with van der Waals surface area (Å²) < 4.78 is 27.1. The second-order valence-electron chi connectivity index (χ2n) is 10.3. The van der Waals surface area contributed by atoms with Crippen molar-refractivity contribution in [3.63, 3.8) is 0 Å². The first kappa shape index (κ1) is 31.9. The van der Waals surface area contributed by atoms with Crippen LogP contribution in [0.4, 0.5) is 0 Å². The first-order valence-corrected chi connectivity index (χ1v) is 13.4. The molecule has 15 nitrogen and oxygen atoms in total. The van der Waals surface area contributed by atoms with Gasteiger partial charge in [-0.1, -0.05) is 6.07 Å². The van der Waals surface area contributed by atoms with Gasteiger partial charge in [0.05, 0.1) is 13.7 Å². The number of hydrogen-bond acceptors (Lipinski definition) is 15. The molecular weight excluding hydrogens is 612 g/mol. The summed E-state index contributed by atoms with van der Waals surface area (Å²) in [6.45, 7) is -1.49. The molecule has 1 aliphatic heterocycles. The van der Waals surface area contributed by atoms with Crippen LogP contribution in [0.3, 0.4) is 0 Å². The van der Waals surface area contributed by atoms with Crippen molar-refractivity contribution in [2.75, 3.05) is 20.3 Å². The minimum absolute atomic E-state index is 0.0386. The number of aliphatic hydroxyl groups is 3. The summed E-state index contributed by atoms with van der Waals surface area (Å²) >= 11 is 0. The van der Waals surface area contributed by atoms with Crippen LogP contribution in [0, 0.1) is 0 Å². The quantitative estimate of drug-likeness (QED) is 0.0771. The minimum atomic E-state index is -2.27. The van der Waals surface area contributed by atoms with E-state index in [9.17, 15) is 50.4 Å². The fraction of sp³-hybridized carbons (Fsp3) is 0.226. The maximum Gasteiger partial charge on any atom is 0.330 e. The number of aliphatic hydroxyl groups excluding tert-OH is 2. The third-order valence-electron chi connectivity index (χ3n) is 7.15. The van der Waals surface area contributed by atoms with Crippen LogP contribution in [0.2, 0.25) is 0 Å². The molecule has 0 radical (unpaired) electrons. The number of fused-ring (bicyclic) bond motifs is 1. The molecule has 0 bridgehead atoms. The summed E-state index contributed by atoms with van der Waals surface area (Å²) in [6, 6.07) is 9.76. The Balaban J connectivity index is 1.33. The Hall–Kier alpha value is -5.48. The highest BCUT2D eigenvalue weighted by atomic mass is 16.7. The molecule has 4 atom stereocenters. The second-order valence-corrected chi connectivity index (χ2v) is 10.3. The number of benzene rings is 3. The molecule has 1 aromatic heterocycles. The van der Waals surface area contributed by atoms with Crippen LogP contribution in [0.1, 0.15) is 5.56 Å². The van der Waals surface area contributed by atoms with E-state index in [1.54, 1.807) is 0 Å². The highest BCUT2D eigenvalue weighted by molar-refractivity contribution is 5.90. The molecule has 0 saturated carbocycles. The van der Waals surface area contributed by atoms with Gasteiger partial charge in [-0.3, -0.25) is 4.79 Å². The van der Waals surface area contributed by atoms with Crippen LogP contribution in [0.25, 0.3) is 28.4 Å². The van der Waals surface area contributed by atoms with Gasteiger partial charge in [-0.05, 0) is 42.0 Å². The molecule has 1 aliphatic rings. The maximum absolute atomic E-state index is 12.9. The summed E-state index contributed by atoms with van der Waals surface area (Å²) in [7, 11) is 1.17. The van der Waals surface area contributed by atoms with Crippen molar-refractivity contribution in [1.29, 1.82) is 0 Å². The van der Waals surface area contributed by atoms with Gasteiger partial charge < -0.3 is 64.2 Å². The van der Waals surface area contributed by atoms with Crippen molar-refractivity contribution in [3.8, 4) is 51.6 Å². The molecule has 0 unspecified atom stereocenters. The Labute approximate surface area is 258 Å². The van der Waals surface area contributed by atoms with E-state index < -0.39 is 71.7 Å². The molecule has 46 heavy (non-hydrogen) atoms. The first-order valence-electron chi connectivity index (χ1n) is 13.4. The summed E-state index contributed by atoms with van der Waals surface area (Å²) in [6.07, 6.45) is -3.33. The fourth-order valence-corrected chi connectivity index (χ4v) is 4.65. The smallest absolute Gasteiger partial charge is 0.330 e. The molecule has 5 rings (SSSR count). The van der Waals surface area contributed by atoms with Crippen molar-refractivity contribution in [2.24, 2.45) is 0 Å². The molecule has 0 aliphatic carbocycles. The highest BCUT2D eigenvalue weighted by Gasteiger charge is 2.50. The number of phenols is 5. The molecule has 2 heterocycles. The van der Waals surface area contributed by atoms with Gasteiger partial charge in [-0.2, -0.15) is 0 Å². The lowest BCUT2D eigenvalue weighted by atomic mass is 9.91. The van der Waals surface area contributed by atoms with E-state index in [1.807, 2.05) is 0 Å². The van der Waals surface area contributed by atoms with E-state index in [2.05, 4.69) is 0 Å². The summed E-state index contributed by atoms with van der Waals surface area (Å²) in [4.78, 5) is 25.1. The van der Waals surface area contributed by atoms with Crippen molar-refractivity contribution in [3.05, 3.63) is 70.4 Å². The molecule has 15 heteroatoms. The number of rotatable bonds is 8. The molecule has 3 aromatic carbocycles. The molecule has 8 N–H and O–H groups in total. The first-order chi connectivity index (χ1) is 21.8. The Morgan fingerprint density at radius 2 is 1.67 bits per heavy atom. The molecule has 1 saturated heterocycles. The third-order valence-corrected chi connectivity index (χ3v) is 7.15. The zero-order chi connectivity index (χ0) is 33.3. The normalized spacial score (nSPS) is 21.3. The molecule has 0 amide bonds. The van der Waals surface area contributed by atoms with Crippen LogP contribution in [-0.4, -0.2) is 91.2 Å². The highest BCUT2D eigenvalue weighted by Crippen LogP contribution is 2.44. The predicted molar refractivity (Wildman–Crippen MR) is 157 cm³/mol. The van der Waals surface area contributed by atoms with Crippen molar-refractivity contribution >= 4 is 23.0 Å². The number of aromatic hydroxyl groups is 5. The number of phenolic OH excluding ortho intramolecular Hbond substituents is 5. The Morgan fingerprint density at radius 1 is 0.978 bits per heavy atom. The molecule has 1 fully saturated rings. The number of carbonyl (C=O) groups is 1. The van der Waals surface area contributed by atoms with Gasteiger partial charge in [0.25, 0.3) is 0 Å². The fourth-order valence-electron chi connectivity index (χ4n) is 4.65. The SMILES string of the molecule is COc1c(O[C@@H]2OC[C@](O)(COC(=O)/C=C/c3ccc(O)c(O)c3)[C@H](O)[C@H]2O)cc2oc(-c3ccc(O)c(O)c3)cc(=O)c2c1O. The third kappa shape index (κ3) is 6.20. The lowest BCUT2D eigenvalue weighted by molar-refractivity contribution is -0.284.